The molecule has 1 aromatic heterocycles. The Morgan fingerprint density at radius 3 is 3.12 bits per heavy atom. The summed E-state index contributed by atoms with van der Waals surface area (Å²) in [5, 5.41) is 7.01. The van der Waals surface area contributed by atoms with Crippen molar-refractivity contribution in [2.24, 2.45) is 0 Å². The van der Waals surface area contributed by atoms with Crippen molar-refractivity contribution in [2.75, 3.05) is 19.8 Å². The third-order valence-electron chi connectivity index (χ3n) is 3.47. The fourth-order valence-electron chi connectivity index (χ4n) is 2.52. The predicted molar refractivity (Wildman–Crippen MR) is 64.9 cm³/mol. The second kappa shape index (κ2) is 4.82. The highest BCUT2D eigenvalue weighted by molar-refractivity contribution is 7.09. The molecule has 2 unspecified atom stereocenters. The molecule has 3 rings (SSSR count). The van der Waals surface area contributed by atoms with E-state index in [2.05, 4.69) is 10.7 Å². The van der Waals surface area contributed by atoms with Crippen LogP contribution >= 0.6 is 11.3 Å². The molecule has 4 heteroatoms. The van der Waals surface area contributed by atoms with E-state index < -0.39 is 0 Å². The number of nitrogens with zero attached hydrogens (tertiary/aromatic N) is 1. The summed E-state index contributed by atoms with van der Waals surface area (Å²) in [6.45, 7) is 2.94. The third kappa shape index (κ3) is 2.14. The summed E-state index contributed by atoms with van der Waals surface area (Å²) < 4.78 is 5.52. The van der Waals surface area contributed by atoms with Gasteiger partial charge in [0.25, 0.3) is 0 Å². The van der Waals surface area contributed by atoms with Crippen molar-refractivity contribution in [3.63, 3.8) is 0 Å². The zero-order valence-electron chi connectivity index (χ0n) is 9.45. The molecule has 0 bridgehead atoms. The third-order valence-corrected chi connectivity index (χ3v) is 4.49. The minimum Gasteiger partial charge on any atom is -0.381 e. The first-order valence-electron chi connectivity index (χ1n) is 6.20. The molecule has 0 aliphatic carbocycles. The number of hydrogen-bond acceptors (Lipinski definition) is 4. The summed E-state index contributed by atoms with van der Waals surface area (Å²) in [6.07, 6.45) is 4.95. The summed E-state index contributed by atoms with van der Waals surface area (Å²) >= 11 is 1.81. The first kappa shape index (κ1) is 10.7. The van der Waals surface area contributed by atoms with Crippen LogP contribution in [0.1, 0.15) is 48.3 Å². The minimum absolute atomic E-state index is 0.509. The molecule has 88 valence electrons. The van der Waals surface area contributed by atoms with Crippen molar-refractivity contribution >= 4 is 11.3 Å². The van der Waals surface area contributed by atoms with Crippen molar-refractivity contribution in [3.8, 4) is 0 Å². The van der Waals surface area contributed by atoms with Gasteiger partial charge in [-0.05, 0) is 32.2 Å². The fraction of sp³-hybridized carbons (Fsp3) is 0.750. The molecule has 1 N–H and O–H groups in total. The Morgan fingerprint density at radius 2 is 2.38 bits per heavy atom. The fourth-order valence-corrected chi connectivity index (χ4v) is 3.52. The van der Waals surface area contributed by atoms with Gasteiger partial charge in [-0.25, -0.2) is 4.98 Å². The van der Waals surface area contributed by atoms with Crippen molar-refractivity contribution in [2.45, 2.75) is 37.6 Å². The van der Waals surface area contributed by atoms with Gasteiger partial charge < -0.3 is 10.1 Å². The molecular formula is C12H18N2OS. The SMILES string of the molecule is c1sc(C2CCCOC2)nc1C1CCCN1. The van der Waals surface area contributed by atoms with Crippen LogP contribution in [0.2, 0.25) is 0 Å². The van der Waals surface area contributed by atoms with Gasteiger partial charge >= 0.3 is 0 Å². The van der Waals surface area contributed by atoms with Crippen LogP contribution < -0.4 is 5.32 Å². The topological polar surface area (TPSA) is 34.1 Å². The van der Waals surface area contributed by atoms with Gasteiger partial charge in [-0.1, -0.05) is 0 Å². The molecule has 0 amide bonds. The molecule has 0 spiro atoms. The standard InChI is InChI=1S/C12H18N2OS/c1-4-10(13-5-1)11-8-16-12(14-11)9-3-2-6-15-7-9/h8-10,13H,1-7H2. The van der Waals surface area contributed by atoms with Crippen LogP contribution in [-0.2, 0) is 4.74 Å². The number of nitrogens with one attached hydrogen (secondary N) is 1. The number of ether oxygens (including phenoxy) is 1. The van der Waals surface area contributed by atoms with Gasteiger partial charge in [-0.3, -0.25) is 0 Å². The lowest BCUT2D eigenvalue weighted by Gasteiger charge is -2.19. The zero-order chi connectivity index (χ0) is 10.8. The molecule has 0 radical (unpaired) electrons. The van der Waals surface area contributed by atoms with Gasteiger partial charge in [-0.2, -0.15) is 0 Å². The van der Waals surface area contributed by atoms with Gasteiger partial charge in [0.05, 0.1) is 23.4 Å². The minimum atomic E-state index is 0.509. The van der Waals surface area contributed by atoms with E-state index in [1.807, 2.05) is 11.3 Å². The first-order valence-corrected chi connectivity index (χ1v) is 7.08. The van der Waals surface area contributed by atoms with Gasteiger partial charge in [0.15, 0.2) is 0 Å². The molecular weight excluding hydrogens is 220 g/mol. The van der Waals surface area contributed by atoms with Crippen LogP contribution in [-0.4, -0.2) is 24.7 Å². The van der Waals surface area contributed by atoms with Crippen molar-refractivity contribution in [1.82, 2.24) is 10.3 Å². The van der Waals surface area contributed by atoms with E-state index in [0.29, 0.717) is 12.0 Å². The number of aromatic nitrogens is 1. The largest absolute Gasteiger partial charge is 0.381 e. The molecule has 1 aromatic rings. The van der Waals surface area contributed by atoms with E-state index in [9.17, 15) is 0 Å². The number of hydrogen-bond donors (Lipinski definition) is 1. The Hall–Kier alpha value is -0.450. The van der Waals surface area contributed by atoms with Crippen LogP contribution in [0.5, 0.6) is 0 Å². The maximum Gasteiger partial charge on any atom is 0.0983 e. The molecule has 2 aliphatic heterocycles. The van der Waals surface area contributed by atoms with Crippen LogP contribution in [0.15, 0.2) is 5.38 Å². The van der Waals surface area contributed by atoms with Gasteiger partial charge in [0.1, 0.15) is 0 Å². The highest BCUT2D eigenvalue weighted by atomic mass is 32.1. The summed E-state index contributed by atoms with van der Waals surface area (Å²) in [4.78, 5) is 4.79. The van der Waals surface area contributed by atoms with E-state index in [-0.39, 0.29) is 0 Å². The Kier molecular flexibility index (Phi) is 3.22. The van der Waals surface area contributed by atoms with Crippen LogP contribution in [0.3, 0.4) is 0 Å². The highest BCUT2D eigenvalue weighted by Gasteiger charge is 2.23. The van der Waals surface area contributed by atoms with E-state index in [1.54, 1.807) is 0 Å². The maximum absolute atomic E-state index is 5.52. The van der Waals surface area contributed by atoms with E-state index >= 15 is 0 Å². The Balaban J connectivity index is 1.71. The maximum atomic E-state index is 5.52. The van der Waals surface area contributed by atoms with Crippen LogP contribution in [0.4, 0.5) is 0 Å². The van der Waals surface area contributed by atoms with Gasteiger partial charge in [0.2, 0.25) is 0 Å². The summed E-state index contributed by atoms with van der Waals surface area (Å²) in [6, 6.07) is 0.509. The smallest absolute Gasteiger partial charge is 0.0983 e. The molecule has 0 saturated carbocycles. The van der Waals surface area contributed by atoms with Gasteiger partial charge in [-0.15, -0.1) is 11.3 Å². The normalized spacial score (nSPS) is 30.8. The average Bonchev–Trinajstić information content (AvgIpc) is 3.01. The van der Waals surface area contributed by atoms with Crippen LogP contribution in [0.25, 0.3) is 0 Å². The van der Waals surface area contributed by atoms with E-state index in [1.165, 1.54) is 36.4 Å². The predicted octanol–water partition coefficient (Wildman–Crippen LogP) is 2.46. The molecule has 16 heavy (non-hydrogen) atoms. The summed E-state index contributed by atoms with van der Waals surface area (Å²) in [7, 11) is 0. The van der Waals surface area contributed by atoms with E-state index in [0.717, 1.165) is 19.8 Å². The molecule has 0 aromatic carbocycles. The molecule has 2 aliphatic rings. The lowest BCUT2D eigenvalue weighted by Crippen LogP contribution is -2.16. The van der Waals surface area contributed by atoms with Gasteiger partial charge in [0, 0.05) is 17.9 Å². The lowest BCUT2D eigenvalue weighted by molar-refractivity contribution is 0.0803. The highest BCUT2D eigenvalue weighted by Crippen LogP contribution is 2.31. The van der Waals surface area contributed by atoms with Crippen molar-refractivity contribution in [1.29, 1.82) is 0 Å². The second-order valence-corrected chi connectivity index (χ2v) is 5.56. The molecule has 3 nitrogen and oxygen atoms in total. The molecule has 2 atom stereocenters. The van der Waals surface area contributed by atoms with E-state index in [4.69, 9.17) is 9.72 Å². The van der Waals surface area contributed by atoms with Crippen molar-refractivity contribution < 1.29 is 4.74 Å². The van der Waals surface area contributed by atoms with Crippen LogP contribution in [0, 0.1) is 0 Å². The summed E-state index contributed by atoms with van der Waals surface area (Å²) in [5.41, 5.74) is 1.25. The quantitative estimate of drug-likeness (QED) is 0.859. The molecule has 2 fully saturated rings. The Bertz CT molecular complexity index is 341. The number of thiazole rings is 1. The second-order valence-electron chi connectivity index (χ2n) is 4.67. The Labute approximate surface area is 100 Å². The molecule has 2 saturated heterocycles. The van der Waals surface area contributed by atoms with Crippen molar-refractivity contribution in [3.05, 3.63) is 16.1 Å². The lowest BCUT2D eigenvalue weighted by atomic mass is 10.0. The average molecular weight is 238 g/mol. The first-order chi connectivity index (χ1) is 7.93. The molecule has 3 heterocycles. The Morgan fingerprint density at radius 1 is 1.38 bits per heavy atom. The monoisotopic (exact) mass is 238 g/mol. The summed E-state index contributed by atoms with van der Waals surface area (Å²) in [5.74, 6) is 0.550. The number of rotatable bonds is 2. The zero-order valence-corrected chi connectivity index (χ0v) is 10.3.